The average Bonchev–Trinajstić information content (AvgIpc) is 3.00. The van der Waals surface area contributed by atoms with Crippen LogP contribution in [0.25, 0.3) is 5.69 Å². The standard InChI is InChI=1S/C25H28N2O2/c1-6-29-25(28)21-8-7-9-24(15-21)27-18(4)14-22(19(27)5)16-26-23-12-10-20(11-13-23)17(2)3/h7-17H,6H2,1-5H3. The van der Waals surface area contributed by atoms with Gasteiger partial charge in [0, 0.05) is 28.9 Å². The van der Waals surface area contributed by atoms with Crippen molar-refractivity contribution in [1.82, 2.24) is 4.57 Å². The van der Waals surface area contributed by atoms with Crippen molar-refractivity contribution in [3.05, 3.63) is 82.7 Å². The Hall–Kier alpha value is -3.14. The van der Waals surface area contributed by atoms with Crippen molar-refractivity contribution >= 4 is 17.9 Å². The minimum atomic E-state index is -0.302. The third-order valence-electron chi connectivity index (χ3n) is 5.00. The maximum Gasteiger partial charge on any atom is 0.338 e. The summed E-state index contributed by atoms with van der Waals surface area (Å²) in [5.41, 5.74) is 6.94. The molecule has 2 aromatic carbocycles. The molecule has 29 heavy (non-hydrogen) atoms. The summed E-state index contributed by atoms with van der Waals surface area (Å²) in [4.78, 5) is 16.7. The van der Waals surface area contributed by atoms with Crippen molar-refractivity contribution in [2.75, 3.05) is 6.61 Å². The SMILES string of the molecule is CCOC(=O)c1cccc(-n2c(C)cc(C=Nc3ccc(C(C)C)cc3)c2C)c1. The molecule has 4 heteroatoms. The first-order valence-corrected chi connectivity index (χ1v) is 10.0. The van der Waals surface area contributed by atoms with E-state index < -0.39 is 0 Å². The lowest BCUT2D eigenvalue weighted by atomic mass is 10.0. The van der Waals surface area contributed by atoms with Gasteiger partial charge in [-0.25, -0.2) is 4.79 Å². The predicted octanol–water partition coefficient (Wildman–Crippen LogP) is 6.14. The molecule has 0 saturated carbocycles. The topological polar surface area (TPSA) is 43.6 Å². The lowest BCUT2D eigenvalue weighted by Gasteiger charge is -2.11. The van der Waals surface area contributed by atoms with E-state index in [4.69, 9.17) is 4.74 Å². The zero-order chi connectivity index (χ0) is 21.0. The first-order chi connectivity index (χ1) is 13.9. The third-order valence-corrected chi connectivity index (χ3v) is 5.00. The molecule has 0 atom stereocenters. The Morgan fingerprint density at radius 2 is 1.83 bits per heavy atom. The minimum absolute atomic E-state index is 0.302. The van der Waals surface area contributed by atoms with Crippen LogP contribution in [0.2, 0.25) is 0 Å². The molecule has 0 aliphatic rings. The highest BCUT2D eigenvalue weighted by molar-refractivity contribution is 5.90. The van der Waals surface area contributed by atoms with Crippen LogP contribution in [0, 0.1) is 13.8 Å². The predicted molar refractivity (Wildman–Crippen MR) is 119 cm³/mol. The number of nitrogens with zero attached hydrogens (tertiary/aromatic N) is 2. The Morgan fingerprint density at radius 3 is 2.48 bits per heavy atom. The summed E-state index contributed by atoms with van der Waals surface area (Å²) in [7, 11) is 0. The van der Waals surface area contributed by atoms with Gasteiger partial charge in [-0.1, -0.05) is 32.0 Å². The first-order valence-electron chi connectivity index (χ1n) is 10.0. The van der Waals surface area contributed by atoms with Crippen LogP contribution in [0.1, 0.15) is 59.6 Å². The van der Waals surface area contributed by atoms with Crippen LogP contribution in [-0.2, 0) is 4.74 Å². The highest BCUT2D eigenvalue weighted by Gasteiger charge is 2.12. The Balaban J connectivity index is 1.89. The van der Waals surface area contributed by atoms with Gasteiger partial charge in [-0.05, 0) is 68.7 Å². The molecule has 0 unspecified atom stereocenters. The number of aromatic nitrogens is 1. The van der Waals surface area contributed by atoms with Crippen molar-refractivity contribution < 1.29 is 9.53 Å². The molecule has 0 aliphatic carbocycles. The van der Waals surface area contributed by atoms with E-state index in [2.05, 4.69) is 55.5 Å². The van der Waals surface area contributed by atoms with E-state index in [9.17, 15) is 4.79 Å². The zero-order valence-corrected chi connectivity index (χ0v) is 17.8. The van der Waals surface area contributed by atoms with Crippen molar-refractivity contribution in [1.29, 1.82) is 0 Å². The fourth-order valence-corrected chi connectivity index (χ4v) is 3.39. The van der Waals surface area contributed by atoms with Crippen molar-refractivity contribution in [3.8, 4) is 5.69 Å². The van der Waals surface area contributed by atoms with E-state index in [1.807, 2.05) is 43.5 Å². The molecule has 3 aromatic rings. The highest BCUT2D eigenvalue weighted by Crippen LogP contribution is 2.23. The molecular weight excluding hydrogens is 360 g/mol. The molecule has 4 nitrogen and oxygen atoms in total. The van der Waals surface area contributed by atoms with Crippen molar-refractivity contribution in [2.24, 2.45) is 4.99 Å². The number of aryl methyl sites for hydroxylation is 1. The number of ether oxygens (including phenoxy) is 1. The summed E-state index contributed by atoms with van der Waals surface area (Å²) in [5.74, 6) is 0.209. The number of carbonyl (C=O) groups is 1. The minimum Gasteiger partial charge on any atom is -0.462 e. The lowest BCUT2D eigenvalue weighted by Crippen LogP contribution is -2.06. The molecule has 150 valence electrons. The largest absolute Gasteiger partial charge is 0.462 e. The van der Waals surface area contributed by atoms with E-state index in [0.29, 0.717) is 18.1 Å². The third kappa shape index (κ3) is 4.65. The fraction of sp³-hybridized carbons (Fsp3) is 0.280. The van der Waals surface area contributed by atoms with Crippen LogP contribution >= 0.6 is 0 Å². The van der Waals surface area contributed by atoms with Gasteiger partial charge < -0.3 is 9.30 Å². The molecule has 0 radical (unpaired) electrons. The van der Waals surface area contributed by atoms with Gasteiger partial charge in [-0.15, -0.1) is 0 Å². The summed E-state index contributed by atoms with van der Waals surface area (Å²) >= 11 is 0. The Morgan fingerprint density at radius 1 is 1.10 bits per heavy atom. The fourth-order valence-electron chi connectivity index (χ4n) is 3.39. The summed E-state index contributed by atoms with van der Waals surface area (Å²) in [6, 6.07) is 18.0. The number of benzene rings is 2. The first kappa shape index (κ1) is 20.6. The maximum atomic E-state index is 12.1. The second kappa shape index (κ2) is 8.91. The van der Waals surface area contributed by atoms with E-state index >= 15 is 0 Å². The van der Waals surface area contributed by atoms with E-state index in [0.717, 1.165) is 28.3 Å². The summed E-state index contributed by atoms with van der Waals surface area (Å²) in [5, 5.41) is 0. The normalized spacial score (nSPS) is 11.4. The van der Waals surface area contributed by atoms with Gasteiger partial charge in [0.25, 0.3) is 0 Å². The van der Waals surface area contributed by atoms with Gasteiger partial charge in [-0.3, -0.25) is 4.99 Å². The van der Waals surface area contributed by atoms with Crippen LogP contribution in [0.15, 0.2) is 59.6 Å². The molecule has 0 saturated heterocycles. The molecule has 0 spiro atoms. The number of esters is 1. The maximum absolute atomic E-state index is 12.1. The smallest absolute Gasteiger partial charge is 0.338 e. The molecule has 1 aromatic heterocycles. The van der Waals surface area contributed by atoms with Crippen LogP contribution < -0.4 is 0 Å². The quantitative estimate of drug-likeness (QED) is 0.376. The van der Waals surface area contributed by atoms with Gasteiger partial charge in [-0.2, -0.15) is 0 Å². The van der Waals surface area contributed by atoms with Crippen molar-refractivity contribution in [3.63, 3.8) is 0 Å². The molecule has 0 aliphatic heterocycles. The number of hydrogen-bond acceptors (Lipinski definition) is 3. The van der Waals surface area contributed by atoms with Crippen LogP contribution in [-0.4, -0.2) is 23.4 Å². The Labute approximate surface area is 172 Å². The molecular formula is C25H28N2O2. The Bertz CT molecular complexity index is 1030. The summed E-state index contributed by atoms with van der Waals surface area (Å²) in [6.45, 7) is 10.7. The second-order valence-electron chi connectivity index (χ2n) is 7.44. The number of carbonyl (C=O) groups excluding carboxylic acids is 1. The molecule has 1 heterocycles. The average molecular weight is 389 g/mol. The van der Waals surface area contributed by atoms with Crippen molar-refractivity contribution in [2.45, 2.75) is 40.5 Å². The van der Waals surface area contributed by atoms with Crippen LogP contribution in [0.3, 0.4) is 0 Å². The van der Waals surface area contributed by atoms with Crippen LogP contribution in [0.5, 0.6) is 0 Å². The van der Waals surface area contributed by atoms with Crippen LogP contribution in [0.4, 0.5) is 5.69 Å². The number of hydrogen-bond donors (Lipinski definition) is 0. The molecule has 0 amide bonds. The molecule has 0 fully saturated rings. The Kier molecular flexibility index (Phi) is 6.32. The number of aliphatic imine (C=N–C) groups is 1. The number of rotatable bonds is 6. The monoisotopic (exact) mass is 388 g/mol. The molecule has 0 N–H and O–H groups in total. The molecule has 3 rings (SSSR count). The van der Waals surface area contributed by atoms with Gasteiger partial charge >= 0.3 is 5.97 Å². The summed E-state index contributed by atoms with van der Waals surface area (Å²) in [6.07, 6.45) is 1.90. The molecule has 0 bridgehead atoms. The van der Waals surface area contributed by atoms with E-state index in [1.54, 1.807) is 6.07 Å². The van der Waals surface area contributed by atoms with E-state index in [1.165, 1.54) is 5.56 Å². The van der Waals surface area contributed by atoms with Gasteiger partial charge in [0.15, 0.2) is 0 Å². The van der Waals surface area contributed by atoms with Gasteiger partial charge in [0.2, 0.25) is 0 Å². The lowest BCUT2D eigenvalue weighted by molar-refractivity contribution is 0.0526. The van der Waals surface area contributed by atoms with E-state index in [-0.39, 0.29) is 5.97 Å². The zero-order valence-electron chi connectivity index (χ0n) is 17.8. The second-order valence-corrected chi connectivity index (χ2v) is 7.44. The highest BCUT2D eigenvalue weighted by atomic mass is 16.5. The summed E-state index contributed by atoms with van der Waals surface area (Å²) < 4.78 is 7.26. The van der Waals surface area contributed by atoms with Gasteiger partial charge in [0.05, 0.1) is 17.9 Å². The van der Waals surface area contributed by atoms with Gasteiger partial charge in [0.1, 0.15) is 0 Å².